The van der Waals surface area contributed by atoms with E-state index < -0.39 is 0 Å². The fourth-order valence-electron chi connectivity index (χ4n) is 1.80. The summed E-state index contributed by atoms with van der Waals surface area (Å²) in [6.45, 7) is 2.47. The van der Waals surface area contributed by atoms with Gasteiger partial charge in [-0.3, -0.25) is 18.9 Å². The van der Waals surface area contributed by atoms with Crippen LogP contribution in [0.3, 0.4) is 0 Å². The molecule has 0 N–H and O–H groups in total. The first kappa shape index (κ1) is 13.7. The maximum absolute atomic E-state index is 12.0. The summed E-state index contributed by atoms with van der Waals surface area (Å²) in [5.41, 5.74) is 1.44. The predicted molar refractivity (Wildman–Crippen MR) is 72.4 cm³/mol. The van der Waals surface area contributed by atoms with E-state index in [2.05, 4.69) is 9.72 Å². The number of ether oxygens (including phenoxy) is 1. The van der Waals surface area contributed by atoms with E-state index >= 15 is 0 Å². The maximum Gasteiger partial charge on any atom is 0.319 e. The monoisotopic (exact) mass is 281 g/mol. The summed E-state index contributed by atoms with van der Waals surface area (Å²) in [5, 5.41) is 1.89. The third kappa shape index (κ3) is 2.99. The number of methoxy groups -OCH3 is 1. The summed E-state index contributed by atoms with van der Waals surface area (Å²) in [6.07, 6.45) is 0. The average Bonchev–Trinajstić information content (AvgIpc) is 2.70. The number of aryl methyl sites for hydroxylation is 1. The molecule has 19 heavy (non-hydrogen) atoms. The van der Waals surface area contributed by atoms with Gasteiger partial charge in [0.1, 0.15) is 0 Å². The Morgan fingerprint density at radius 1 is 1.58 bits per heavy atom. The van der Waals surface area contributed by atoms with Gasteiger partial charge in [-0.05, 0) is 14.0 Å². The molecule has 7 heteroatoms. The number of rotatable bonds is 4. The van der Waals surface area contributed by atoms with E-state index in [4.69, 9.17) is 0 Å². The summed E-state index contributed by atoms with van der Waals surface area (Å²) in [5.74, 6) is -0.313. The number of nitrogens with zero attached hydrogens (tertiary/aromatic N) is 3. The molecule has 0 aliphatic carbocycles. The Morgan fingerprint density at radius 3 is 3.00 bits per heavy atom. The van der Waals surface area contributed by atoms with Gasteiger partial charge in [0, 0.05) is 23.7 Å². The molecule has 0 atom stereocenters. The van der Waals surface area contributed by atoms with Crippen LogP contribution >= 0.6 is 11.3 Å². The van der Waals surface area contributed by atoms with E-state index in [1.807, 2.05) is 12.3 Å². The highest BCUT2D eigenvalue weighted by Crippen LogP contribution is 2.12. The van der Waals surface area contributed by atoms with Gasteiger partial charge in [-0.1, -0.05) is 0 Å². The van der Waals surface area contributed by atoms with E-state index in [9.17, 15) is 9.59 Å². The lowest BCUT2D eigenvalue weighted by atomic mass is 10.3. The number of esters is 1. The SMILES string of the molecule is COC(=O)CN(C)Cc1cc(=O)n2c(C)csc2n1. The topological polar surface area (TPSA) is 63.9 Å². The summed E-state index contributed by atoms with van der Waals surface area (Å²) in [7, 11) is 3.13. The normalized spacial score (nSPS) is 11.2. The van der Waals surface area contributed by atoms with Crippen molar-refractivity contribution in [1.82, 2.24) is 14.3 Å². The van der Waals surface area contributed by atoms with Crippen LogP contribution in [0.2, 0.25) is 0 Å². The highest BCUT2D eigenvalue weighted by molar-refractivity contribution is 7.15. The molecule has 0 aliphatic heterocycles. The molecule has 0 fully saturated rings. The molecule has 0 saturated heterocycles. The van der Waals surface area contributed by atoms with Gasteiger partial charge in [0.25, 0.3) is 5.56 Å². The number of carbonyl (C=O) groups excluding carboxylic acids is 1. The number of carbonyl (C=O) groups is 1. The average molecular weight is 281 g/mol. The van der Waals surface area contributed by atoms with Crippen molar-refractivity contribution in [2.45, 2.75) is 13.5 Å². The van der Waals surface area contributed by atoms with Crippen LogP contribution in [0.4, 0.5) is 0 Å². The van der Waals surface area contributed by atoms with Gasteiger partial charge in [0.05, 0.1) is 19.3 Å². The number of hydrogen-bond donors (Lipinski definition) is 0. The van der Waals surface area contributed by atoms with Crippen molar-refractivity contribution >= 4 is 22.3 Å². The fourth-order valence-corrected chi connectivity index (χ4v) is 2.69. The van der Waals surface area contributed by atoms with Gasteiger partial charge in [0.2, 0.25) is 0 Å². The highest BCUT2D eigenvalue weighted by atomic mass is 32.1. The largest absolute Gasteiger partial charge is 0.468 e. The van der Waals surface area contributed by atoms with Gasteiger partial charge in [-0.25, -0.2) is 4.98 Å². The van der Waals surface area contributed by atoms with Crippen molar-refractivity contribution < 1.29 is 9.53 Å². The summed E-state index contributed by atoms with van der Waals surface area (Å²) in [6, 6.07) is 1.50. The third-order valence-electron chi connectivity index (χ3n) is 2.69. The number of aromatic nitrogens is 2. The first-order valence-electron chi connectivity index (χ1n) is 5.73. The van der Waals surface area contributed by atoms with Crippen molar-refractivity contribution in [3.05, 3.63) is 33.2 Å². The van der Waals surface area contributed by atoms with Gasteiger partial charge in [-0.2, -0.15) is 0 Å². The minimum atomic E-state index is -0.313. The van der Waals surface area contributed by atoms with Crippen molar-refractivity contribution in [1.29, 1.82) is 0 Å². The number of likely N-dealkylation sites (N-methyl/N-ethyl adjacent to an activating group) is 1. The lowest BCUT2D eigenvalue weighted by Gasteiger charge is -2.14. The van der Waals surface area contributed by atoms with E-state index in [0.717, 1.165) is 5.69 Å². The molecule has 2 rings (SSSR count). The third-order valence-corrected chi connectivity index (χ3v) is 3.63. The molecule has 0 saturated carbocycles. The Bertz CT molecular complexity index is 662. The summed E-state index contributed by atoms with van der Waals surface area (Å²) >= 11 is 1.43. The van der Waals surface area contributed by atoms with Gasteiger partial charge < -0.3 is 4.74 Å². The quantitative estimate of drug-likeness (QED) is 0.771. The fraction of sp³-hybridized carbons (Fsp3) is 0.417. The molecule has 2 aromatic heterocycles. The predicted octanol–water partition coefficient (Wildman–Crippen LogP) is 0.669. The second-order valence-corrected chi connectivity index (χ2v) is 5.17. The lowest BCUT2D eigenvalue weighted by molar-refractivity contribution is -0.141. The molecular weight excluding hydrogens is 266 g/mol. The molecular formula is C12H15N3O3S. The van der Waals surface area contributed by atoms with Gasteiger partial charge in [0.15, 0.2) is 4.96 Å². The van der Waals surface area contributed by atoms with E-state index in [0.29, 0.717) is 17.2 Å². The van der Waals surface area contributed by atoms with Crippen molar-refractivity contribution in [3.63, 3.8) is 0 Å². The first-order chi connectivity index (χ1) is 9.01. The van der Waals surface area contributed by atoms with Crippen LogP contribution in [-0.4, -0.2) is 41.0 Å². The minimum absolute atomic E-state index is 0.0924. The minimum Gasteiger partial charge on any atom is -0.468 e. The van der Waals surface area contributed by atoms with Crippen LogP contribution in [0, 0.1) is 6.92 Å². The highest BCUT2D eigenvalue weighted by Gasteiger charge is 2.10. The molecule has 0 radical (unpaired) electrons. The van der Waals surface area contributed by atoms with E-state index in [1.54, 1.807) is 16.3 Å². The lowest BCUT2D eigenvalue weighted by Crippen LogP contribution is -2.27. The molecule has 6 nitrogen and oxygen atoms in total. The zero-order valence-electron chi connectivity index (χ0n) is 11.0. The Kier molecular flexibility index (Phi) is 3.96. The van der Waals surface area contributed by atoms with Crippen LogP contribution in [0.15, 0.2) is 16.2 Å². The maximum atomic E-state index is 12.0. The number of fused-ring (bicyclic) bond motifs is 1. The van der Waals surface area contributed by atoms with Crippen molar-refractivity contribution in [2.75, 3.05) is 20.7 Å². The van der Waals surface area contributed by atoms with Crippen LogP contribution in [-0.2, 0) is 16.1 Å². The molecule has 0 aromatic carbocycles. The smallest absolute Gasteiger partial charge is 0.319 e. The van der Waals surface area contributed by atoms with Crippen molar-refractivity contribution in [3.8, 4) is 0 Å². The molecule has 0 aliphatic rings. The Hall–Kier alpha value is -1.73. The Balaban J connectivity index is 2.22. The summed E-state index contributed by atoms with van der Waals surface area (Å²) < 4.78 is 6.17. The van der Waals surface area contributed by atoms with Crippen LogP contribution < -0.4 is 5.56 Å². The Morgan fingerprint density at radius 2 is 2.32 bits per heavy atom. The molecule has 0 amide bonds. The number of hydrogen-bond acceptors (Lipinski definition) is 6. The number of thiazole rings is 1. The van der Waals surface area contributed by atoms with Crippen LogP contribution in [0.1, 0.15) is 11.4 Å². The molecule has 0 unspecified atom stereocenters. The first-order valence-corrected chi connectivity index (χ1v) is 6.61. The van der Waals surface area contributed by atoms with E-state index in [1.165, 1.54) is 24.5 Å². The molecule has 2 heterocycles. The van der Waals surface area contributed by atoms with Gasteiger partial charge >= 0.3 is 5.97 Å². The molecule has 102 valence electrons. The zero-order chi connectivity index (χ0) is 14.0. The second-order valence-electron chi connectivity index (χ2n) is 4.33. The Labute approximate surface area is 114 Å². The van der Waals surface area contributed by atoms with Crippen LogP contribution in [0.25, 0.3) is 4.96 Å². The standard InChI is InChI=1S/C12H15N3O3S/c1-8-7-19-12-13-9(4-10(16)15(8)12)5-14(2)6-11(17)18-3/h4,7H,5-6H2,1-3H3. The zero-order valence-corrected chi connectivity index (χ0v) is 11.9. The van der Waals surface area contributed by atoms with E-state index in [-0.39, 0.29) is 18.1 Å². The van der Waals surface area contributed by atoms with Crippen LogP contribution in [0.5, 0.6) is 0 Å². The van der Waals surface area contributed by atoms with Gasteiger partial charge in [-0.15, -0.1) is 11.3 Å². The second kappa shape index (κ2) is 5.50. The molecule has 0 bridgehead atoms. The molecule has 2 aromatic rings. The van der Waals surface area contributed by atoms with Crippen molar-refractivity contribution in [2.24, 2.45) is 0 Å². The molecule has 0 spiro atoms. The summed E-state index contributed by atoms with van der Waals surface area (Å²) in [4.78, 5) is 30.0.